The first-order chi connectivity index (χ1) is 12.1. The lowest BCUT2D eigenvalue weighted by molar-refractivity contribution is 0.0954. The summed E-state index contributed by atoms with van der Waals surface area (Å²) in [7, 11) is 0. The molecule has 0 aromatic heterocycles. The standard InChI is InChI=1S/C21H18ClNO2/c22-18-8-4-5-15(13-18)11-12-23-21(25)17-9-10-20(24)19(14-17)16-6-2-1-3-7-16/h1-10,13-14,24H,11-12H2,(H,23,25). The molecule has 3 aromatic carbocycles. The van der Waals surface area contributed by atoms with Crippen LogP contribution in [0, 0.1) is 0 Å². The number of halogens is 1. The number of nitrogens with one attached hydrogen (secondary N) is 1. The number of hydrogen-bond donors (Lipinski definition) is 2. The minimum atomic E-state index is -0.167. The van der Waals surface area contributed by atoms with Crippen molar-refractivity contribution in [1.29, 1.82) is 0 Å². The zero-order valence-electron chi connectivity index (χ0n) is 13.6. The van der Waals surface area contributed by atoms with E-state index in [9.17, 15) is 9.90 Å². The zero-order chi connectivity index (χ0) is 17.6. The average molecular weight is 352 g/mol. The molecule has 2 N–H and O–H groups in total. The summed E-state index contributed by atoms with van der Waals surface area (Å²) in [5.74, 6) is -0.0131. The van der Waals surface area contributed by atoms with Crippen molar-refractivity contribution in [3.63, 3.8) is 0 Å². The Bertz CT molecular complexity index is 878. The van der Waals surface area contributed by atoms with Gasteiger partial charge in [0.05, 0.1) is 0 Å². The van der Waals surface area contributed by atoms with Gasteiger partial charge in [0.15, 0.2) is 0 Å². The van der Waals surface area contributed by atoms with Crippen LogP contribution in [0.4, 0.5) is 0 Å². The van der Waals surface area contributed by atoms with E-state index in [-0.39, 0.29) is 11.7 Å². The van der Waals surface area contributed by atoms with Gasteiger partial charge in [-0.25, -0.2) is 0 Å². The summed E-state index contributed by atoms with van der Waals surface area (Å²) in [6.07, 6.45) is 0.704. The van der Waals surface area contributed by atoms with E-state index in [1.165, 1.54) is 0 Å². The first-order valence-electron chi connectivity index (χ1n) is 8.04. The molecule has 0 radical (unpaired) electrons. The predicted molar refractivity (Wildman–Crippen MR) is 101 cm³/mol. The van der Waals surface area contributed by atoms with Crippen molar-refractivity contribution in [2.45, 2.75) is 6.42 Å². The SMILES string of the molecule is O=C(NCCc1cccc(Cl)c1)c1ccc(O)c(-c2ccccc2)c1. The summed E-state index contributed by atoms with van der Waals surface area (Å²) in [6.45, 7) is 0.515. The summed E-state index contributed by atoms with van der Waals surface area (Å²) in [6, 6.07) is 22.0. The van der Waals surface area contributed by atoms with Gasteiger partial charge in [0.1, 0.15) is 5.75 Å². The quantitative estimate of drug-likeness (QED) is 0.700. The molecular weight excluding hydrogens is 334 g/mol. The first-order valence-corrected chi connectivity index (χ1v) is 8.42. The fraction of sp³-hybridized carbons (Fsp3) is 0.0952. The number of phenols is 1. The average Bonchev–Trinajstić information content (AvgIpc) is 2.63. The largest absolute Gasteiger partial charge is 0.507 e. The lowest BCUT2D eigenvalue weighted by Crippen LogP contribution is -2.25. The van der Waals surface area contributed by atoms with Gasteiger partial charge in [-0.3, -0.25) is 4.79 Å². The van der Waals surface area contributed by atoms with Crippen LogP contribution in [0.15, 0.2) is 72.8 Å². The van der Waals surface area contributed by atoms with Gasteiger partial charge in [-0.2, -0.15) is 0 Å². The predicted octanol–water partition coefficient (Wildman–Crippen LogP) is 4.69. The van der Waals surface area contributed by atoms with E-state index < -0.39 is 0 Å². The Morgan fingerprint density at radius 1 is 0.960 bits per heavy atom. The van der Waals surface area contributed by atoms with Gasteiger partial charge >= 0.3 is 0 Å². The highest BCUT2D eigenvalue weighted by Gasteiger charge is 2.10. The minimum Gasteiger partial charge on any atom is -0.507 e. The summed E-state index contributed by atoms with van der Waals surface area (Å²) in [5, 5.41) is 13.7. The Labute approximate surface area is 151 Å². The van der Waals surface area contributed by atoms with Gasteiger partial charge in [-0.15, -0.1) is 0 Å². The number of hydrogen-bond acceptors (Lipinski definition) is 2. The van der Waals surface area contributed by atoms with Crippen LogP contribution in [0.5, 0.6) is 5.75 Å². The molecule has 0 unspecified atom stereocenters. The summed E-state index contributed by atoms with van der Waals surface area (Å²) >= 11 is 5.96. The first kappa shape index (κ1) is 17.1. The van der Waals surface area contributed by atoms with Crippen molar-refractivity contribution < 1.29 is 9.90 Å². The van der Waals surface area contributed by atoms with Gasteiger partial charge in [-0.1, -0.05) is 54.1 Å². The summed E-state index contributed by atoms with van der Waals surface area (Å²) in [4.78, 5) is 12.4. The summed E-state index contributed by atoms with van der Waals surface area (Å²) in [5.41, 5.74) is 3.10. The maximum Gasteiger partial charge on any atom is 0.251 e. The molecule has 4 heteroatoms. The third-order valence-electron chi connectivity index (χ3n) is 3.93. The molecule has 0 saturated carbocycles. The molecule has 0 fully saturated rings. The van der Waals surface area contributed by atoms with Crippen molar-refractivity contribution in [1.82, 2.24) is 5.32 Å². The molecule has 0 saturated heterocycles. The van der Waals surface area contributed by atoms with E-state index in [1.807, 2.05) is 54.6 Å². The van der Waals surface area contributed by atoms with Gasteiger partial charge in [0.25, 0.3) is 5.91 Å². The second kappa shape index (κ2) is 7.86. The third-order valence-corrected chi connectivity index (χ3v) is 4.17. The Kier molecular flexibility index (Phi) is 5.36. The van der Waals surface area contributed by atoms with Crippen LogP contribution in [0.3, 0.4) is 0 Å². The molecule has 3 aromatic rings. The highest BCUT2D eigenvalue weighted by atomic mass is 35.5. The molecule has 126 valence electrons. The van der Waals surface area contributed by atoms with Crippen LogP contribution in [-0.2, 0) is 6.42 Å². The maximum absolute atomic E-state index is 12.4. The highest BCUT2D eigenvalue weighted by molar-refractivity contribution is 6.30. The molecule has 0 bridgehead atoms. The molecule has 0 aliphatic rings. The number of carbonyl (C=O) groups is 1. The van der Waals surface area contributed by atoms with Gasteiger partial charge in [0, 0.05) is 22.7 Å². The molecule has 0 aliphatic carbocycles. The van der Waals surface area contributed by atoms with E-state index in [1.54, 1.807) is 18.2 Å². The minimum absolute atomic E-state index is 0.154. The van der Waals surface area contributed by atoms with Crippen molar-refractivity contribution in [3.05, 3.63) is 88.9 Å². The number of benzene rings is 3. The number of aromatic hydroxyl groups is 1. The number of amides is 1. The van der Waals surface area contributed by atoms with E-state index >= 15 is 0 Å². The zero-order valence-corrected chi connectivity index (χ0v) is 14.3. The maximum atomic E-state index is 12.4. The van der Waals surface area contributed by atoms with E-state index in [0.29, 0.717) is 29.1 Å². The lowest BCUT2D eigenvalue weighted by atomic mass is 10.0. The Morgan fingerprint density at radius 3 is 2.52 bits per heavy atom. The Hall–Kier alpha value is -2.78. The van der Waals surface area contributed by atoms with E-state index in [2.05, 4.69) is 5.32 Å². The van der Waals surface area contributed by atoms with Gasteiger partial charge in [-0.05, 0) is 47.9 Å². The molecule has 3 nitrogen and oxygen atoms in total. The van der Waals surface area contributed by atoms with Crippen molar-refractivity contribution in [2.75, 3.05) is 6.54 Å². The van der Waals surface area contributed by atoms with Crippen LogP contribution in [0.2, 0.25) is 5.02 Å². The smallest absolute Gasteiger partial charge is 0.251 e. The van der Waals surface area contributed by atoms with Crippen LogP contribution in [0.25, 0.3) is 11.1 Å². The van der Waals surface area contributed by atoms with Crippen LogP contribution in [-0.4, -0.2) is 17.6 Å². The van der Waals surface area contributed by atoms with Crippen LogP contribution < -0.4 is 5.32 Å². The van der Waals surface area contributed by atoms with Gasteiger partial charge in [0.2, 0.25) is 0 Å². The molecule has 0 heterocycles. The molecular formula is C21H18ClNO2. The van der Waals surface area contributed by atoms with E-state index in [0.717, 1.165) is 11.1 Å². The van der Waals surface area contributed by atoms with Crippen LogP contribution >= 0.6 is 11.6 Å². The number of carbonyl (C=O) groups excluding carboxylic acids is 1. The molecule has 25 heavy (non-hydrogen) atoms. The normalized spacial score (nSPS) is 10.4. The Morgan fingerprint density at radius 2 is 1.76 bits per heavy atom. The topological polar surface area (TPSA) is 49.3 Å². The second-order valence-corrected chi connectivity index (χ2v) is 6.17. The van der Waals surface area contributed by atoms with Crippen molar-refractivity contribution in [2.24, 2.45) is 0 Å². The third kappa shape index (κ3) is 4.40. The van der Waals surface area contributed by atoms with Crippen molar-refractivity contribution in [3.8, 4) is 16.9 Å². The fourth-order valence-corrected chi connectivity index (χ4v) is 2.85. The lowest BCUT2D eigenvalue weighted by Gasteiger charge is -2.09. The van der Waals surface area contributed by atoms with Crippen LogP contribution in [0.1, 0.15) is 15.9 Å². The molecule has 0 spiro atoms. The van der Waals surface area contributed by atoms with E-state index in [4.69, 9.17) is 11.6 Å². The van der Waals surface area contributed by atoms with Gasteiger partial charge < -0.3 is 10.4 Å². The number of rotatable bonds is 5. The molecule has 1 amide bonds. The fourth-order valence-electron chi connectivity index (χ4n) is 2.64. The number of phenolic OH excluding ortho intramolecular Hbond substituents is 1. The monoisotopic (exact) mass is 351 g/mol. The molecule has 0 atom stereocenters. The summed E-state index contributed by atoms with van der Waals surface area (Å²) < 4.78 is 0. The van der Waals surface area contributed by atoms with Crippen molar-refractivity contribution >= 4 is 17.5 Å². The second-order valence-electron chi connectivity index (χ2n) is 5.73. The molecule has 0 aliphatic heterocycles. The molecule has 3 rings (SSSR count). The highest BCUT2D eigenvalue weighted by Crippen LogP contribution is 2.29. The Balaban J connectivity index is 1.68.